The van der Waals surface area contributed by atoms with Crippen LogP contribution in [0.1, 0.15) is 25.1 Å². The molecule has 0 radical (unpaired) electrons. The van der Waals surface area contributed by atoms with Crippen LogP contribution >= 0.6 is 0 Å². The second-order valence-corrected chi connectivity index (χ2v) is 5.38. The third-order valence-electron chi connectivity index (χ3n) is 3.61. The summed E-state index contributed by atoms with van der Waals surface area (Å²) in [7, 11) is 4.33. The smallest absolute Gasteiger partial charge is 0.240 e. The Bertz CT molecular complexity index is 381. The minimum absolute atomic E-state index is 0.479. The lowest BCUT2D eigenvalue weighted by Crippen LogP contribution is -2.50. The second-order valence-electron chi connectivity index (χ2n) is 5.38. The molecule has 0 saturated carbocycles. The van der Waals surface area contributed by atoms with Crippen LogP contribution in [0.4, 0.5) is 0 Å². The number of rotatable bonds is 6. The SMILES string of the molecule is CCCNCc1nc(CC2CN(C)CCN2C)no1. The Balaban J connectivity index is 1.84. The molecule has 1 aliphatic heterocycles. The fourth-order valence-electron chi connectivity index (χ4n) is 2.35. The maximum Gasteiger partial charge on any atom is 0.240 e. The minimum Gasteiger partial charge on any atom is -0.338 e. The molecule has 1 saturated heterocycles. The van der Waals surface area contributed by atoms with E-state index in [1.54, 1.807) is 0 Å². The number of aromatic nitrogens is 2. The third-order valence-corrected chi connectivity index (χ3v) is 3.61. The van der Waals surface area contributed by atoms with Crippen LogP contribution < -0.4 is 5.32 Å². The molecule has 108 valence electrons. The van der Waals surface area contributed by atoms with Crippen molar-refractivity contribution in [2.45, 2.75) is 32.4 Å². The topological polar surface area (TPSA) is 57.4 Å². The van der Waals surface area contributed by atoms with E-state index in [-0.39, 0.29) is 0 Å². The van der Waals surface area contributed by atoms with Crippen LogP contribution in [0.25, 0.3) is 0 Å². The van der Waals surface area contributed by atoms with Crippen LogP contribution in [0.2, 0.25) is 0 Å². The summed E-state index contributed by atoms with van der Waals surface area (Å²) < 4.78 is 5.26. The van der Waals surface area contributed by atoms with Gasteiger partial charge in [0, 0.05) is 32.1 Å². The molecule has 0 spiro atoms. The van der Waals surface area contributed by atoms with Gasteiger partial charge < -0.3 is 19.6 Å². The maximum absolute atomic E-state index is 5.26. The van der Waals surface area contributed by atoms with E-state index >= 15 is 0 Å². The molecule has 1 aromatic rings. The van der Waals surface area contributed by atoms with Crippen molar-refractivity contribution in [3.63, 3.8) is 0 Å². The quantitative estimate of drug-likeness (QED) is 0.751. The highest BCUT2D eigenvalue weighted by Gasteiger charge is 2.24. The van der Waals surface area contributed by atoms with Gasteiger partial charge in [0.05, 0.1) is 6.54 Å². The van der Waals surface area contributed by atoms with E-state index in [2.05, 4.69) is 46.3 Å². The molecule has 1 N–H and O–H groups in total. The van der Waals surface area contributed by atoms with Gasteiger partial charge in [0.1, 0.15) is 0 Å². The number of hydrogen-bond donors (Lipinski definition) is 1. The number of nitrogens with one attached hydrogen (secondary N) is 1. The van der Waals surface area contributed by atoms with Crippen LogP contribution in [-0.4, -0.2) is 66.3 Å². The number of nitrogens with zero attached hydrogens (tertiary/aromatic N) is 4. The van der Waals surface area contributed by atoms with Crippen LogP contribution in [0.5, 0.6) is 0 Å². The first-order valence-corrected chi connectivity index (χ1v) is 7.10. The lowest BCUT2D eigenvalue weighted by atomic mass is 10.1. The fraction of sp³-hybridized carbons (Fsp3) is 0.846. The Labute approximate surface area is 115 Å². The predicted molar refractivity (Wildman–Crippen MR) is 73.9 cm³/mol. The van der Waals surface area contributed by atoms with Crippen molar-refractivity contribution in [1.82, 2.24) is 25.3 Å². The Morgan fingerprint density at radius 2 is 2.21 bits per heavy atom. The van der Waals surface area contributed by atoms with E-state index in [0.717, 1.165) is 44.8 Å². The van der Waals surface area contributed by atoms with Gasteiger partial charge in [-0.15, -0.1) is 0 Å². The standard InChI is InChI=1S/C13H25N5O/c1-4-5-14-9-13-15-12(16-19-13)8-11-10-17(2)6-7-18(11)3/h11,14H,4-10H2,1-3H3. The highest BCUT2D eigenvalue weighted by atomic mass is 16.5. The summed E-state index contributed by atoms with van der Waals surface area (Å²) >= 11 is 0. The molecule has 0 aliphatic carbocycles. The molecule has 19 heavy (non-hydrogen) atoms. The molecule has 6 heteroatoms. The molecule has 0 aromatic carbocycles. The first-order valence-electron chi connectivity index (χ1n) is 7.10. The van der Waals surface area contributed by atoms with Gasteiger partial charge in [-0.1, -0.05) is 12.1 Å². The number of hydrogen-bond acceptors (Lipinski definition) is 6. The van der Waals surface area contributed by atoms with Gasteiger partial charge in [-0.05, 0) is 27.1 Å². The normalized spacial score (nSPS) is 21.9. The summed E-state index contributed by atoms with van der Waals surface area (Å²) in [5.41, 5.74) is 0. The zero-order chi connectivity index (χ0) is 13.7. The van der Waals surface area contributed by atoms with E-state index in [9.17, 15) is 0 Å². The molecule has 1 unspecified atom stereocenters. The van der Waals surface area contributed by atoms with Crippen molar-refractivity contribution < 1.29 is 4.52 Å². The van der Waals surface area contributed by atoms with E-state index < -0.39 is 0 Å². The molecular formula is C13H25N5O. The van der Waals surface area contributed by atoms with E-state index in [0.29, 0.717) is 18.5 Å². The Morgan fingerprint density at radius 1 is 1.37 bits per heavy atom. The predicted octanol–water partition coefficient (Wildman–Crippen LogP) is 0.358. The average molecular weight is 267 g/mol. The van der Waals surface area contributed by atoms with Gasteiger partial charge in [-0.25, -0.2) is 0 Å². The molecule has 6 nitrogen and oxygen atoms in total. The molecule has 2 heterocycles. The number of piperazine rings is 1. The highest BCUT2D eigenvalue weighted by Crippen LogP contribution is 2.10. The van der Waals surface area contributed by atoms with Crippen LogP contribution in [0.3, 0.4) is 0 Å². The second kappa shape index (κ2) is 6.98. The van der Waals surface area contributed by atoms with Gasteiger partial charge in [0.2, 0.25) is 5.89 Å². The van der Waals surface area contributed by atoms with Crippen molar-refractivity contribution in [2.75, 3.05) is 40.3 Å². The van der Waals surface area contributed by atoms with Crippen molar-refractivity contribution >= 4 is 0 Å². The zero-order valence-electron chi connectivity index (χ0n) is 12.2. The van der Waals surface area contributed by atoms with E-state index in [1.165, 1.54) is 0 Å². The van der Waals surface area contributed by atoms with Crippen molar-refractivity contribution in [3.8, 4) is 0 Å². The van der Waals surface area contributed by atoms with Crippen LogP contribution in [0, 0.1) is 0 Å². The lowest BCUT2D eigenvalue weighted by molar-refractivity contribution is 0.113. The van der Waals surface area contributed by atoms with Crippen LogP contribution in [0.15, 0.2) is 4.52 Å². The highest BCUT2D eigenvalue weighted by molar-refractivity contribution is 4.93. The summed E-state index contributed by atoms with van der Waals surface area (Å²) in [6.45, 7) is 7.08. The monoisotopic (exact) mass is 267 g/mol. The molecule has 2 rings (SSSR count). The van der Waals surface area contributed by atoms with Gasteiger partial charge in [0.25, 0.3) is 0 Å². The van der Waals surface area contributed by atoms with Crippen molar-refractivity contribution in [2.24, 2.45) is 0 Å². The van der Waals surface area contributed by atoms with Crippen molar-refractivity contribution in [3.05, 3.63) is 11.7 Å². The minimum atomic E-state index is 0.479. The van der Waals surface area contributed by atoms with Crippen LogP contribution in [-0.2, 0) is 13.0 Å². The Morgan fingerprint density at radius 3 is 3.00 bits per heavy atom. The Hall–Kier alpha value is -0.980. The molecule has 1 fully saturated rings. The Kier molecular flexibility index (Phi) is 5.30. The first-order chi connectivity index (χ1) is 9.19. The molecule has 0 bridgehead atoms. The number of likely N-dealkylation sites (N-methyl/N-ethyl adjacent to an activating group) is 2. The van der Waals surface area contributed by atoms with Gasteiger partial charge >= 0.3 is 0 Å². The molecule has 0 amide bonds. The first kappa shape index (κ1) is 14.4. The summed E-state index contributed by atoms with van der Waals surface area (Å²) in [4.78, 5) is 9.19. The van der Waals surface area contributed by atoms with E-state index in [4.69, 9.17) is 4.52 Å². The summed E-state index contributed by atoms with van der Waals surface area (Å²) in [6, 6.07) is 0.479. The fourth-order valence-corrected chi connectivity index (χ4v) is 2.35. The van der Waals surface area contributed by atoms with Gasteiger partial charge in [0.15, 0.2) is 5.82 Å². The summed E-state index contributed by atoms with van der Waals surface area (Å²) in [5, 5.41) is 7.35. The largest absolute Gasteiger partial charge is 0.338 e. The molecular weight excluding hydrogens is 242 g/mol. The average Bonchev–Trinajstić information content (AvgIpc) is 2.82. The summed E-state index contributed by atoms with van der Waals surface area (Å²) in [5.74, 6) is 1.51. The van der Waals surface area contributed by atoms with Gasteiger partial charge in [-0.2, -0.15) is 4.98 Å². The molecule has 1 aliphatic rings. The molecule has 1 atom stereocenters. The molecule has 1 aromatic heterocycles. The summed E-state index contributed by atoms with van der Waals surface area (Å²) in [6.07, 6.45) is 1.97. The lowest BCUT2D eigenvalue weighted by Gasteiger charge is -2.37. The van der Waals surface area contributed by atoms with E-state index in [1.807, 2.05) is 0 Å². The third kappa shape index (κ3) is 4.26. The van der Waals surface area contributed by atoms with Crippen molar-refractivity contribution in [1.29, 1.82) is 0 Å². The zero-order valence-corrected chi connectivity index (χ0v) is 12.2. The maximum atomic E-state index is 5.26. The van der Waals surface area contributed by atoms with Gasteiger partial charge in [-0.3, -0.25) is 0 Å².